The second-order valence-electron chi connectivity index (χ2n) is 7.74. The standard InChI is InChI=1S/C26H25F2N3O4/c1-33-23-12-18(13-24(34-2)25(23)35-3)31-22-11-17(28)4-6-19(22)26(32)29-9-8-15-14-30-21-7-5-16(27)10-20(15)21/h4-7,10-14,30-31H,8-9H2,1-3H3,(H,29,32). The number of halogens is 2. The first kappa shape index (κ1) is 23.9. The van der Waals surface area contributed by atoms with Crippen LogP contribution in [0.15, 0.2) is 54.7 Å². The van der Waals surface area contributed by atoms with E-state index >= 15 is 0 Å². The molecule has 0 aliphatic carbocycles. The minimum atomic E-state index is -0.502. The molecule has 0 radical (unpaired) electrons. The molecule has 4 rings (SSSR count). The molecule has 1 heterocycles. The zero-order valence-corrected chi connectivity index (χ0v) is 19.5. The molecule has 0 unspecified atom stereocenters. The third-order valence-electron chi connectivity index (χ3n) is 5.58. The summed E-state index contributed by atoms with van der Waals surface area (Å²) in [5, 5.41) is 6.68. The molecule has 9 heteroatoms. The number of aromatic nitrogens is 1. The van der Waals surface area contributed by atoms with E-state index < -0.39 is 5.82 Å². The van der Waals surface area contributed by atoms with E-state index in [0.717, 1.165) is 16.5 Å². The number of hydrogen-bond acceptors (Lipinski definition) is 5. The molecule has 35 heavy (non-hydrogen) atoms. The van der Waals surface area contributed by atoms with E-state index in [2.05, 4.69) is 15.6 Å². The molecule has 182 valence electrons. The first-order chi connectivity index (χ1) is 16.9. The van der Waals surface area contributed by atoms with Crippen LogP contribution < -0.4 is 24.8 Å². The molecule has 0 aliphatic rings. The highest BCUT2D eigenvalue weighted by molar-refractivity contribution is 6.00. The first-order valence-electron chi connectivity index (χ1n) is 10.8. The molecular formula is C26H25F2N3O4. The lowest BCUT2D eigenvalue weighted by molar-refractivity contribution is 0.0955. The Morgan fingerprint density at radius 1 is 0.914 bits per heavy atom. The van der Waals surface area contributed by atoms with Gasteiger partial charge in [-0.3, -0.25) is 4.79 Å². The van der Waals surface area contributed by atoms with Gasteiger partial charge in [-0.05, 0) is 48.4 Å². The van der Waals surface area contributed by atoms with Gasteiger partial charge in [0.05, 0.1) is 32.6 Å². The number of anilines is 2. The summed E-state index contributed by atoms with van der Waals surface area (Å²) < 4.78 is 43.7. The van der Waals surface area contributed by atoms with E-state index in [4.69, 9.17) is 14.2 Å². The number of carbonyl (C=O) groups is 1. The van der Waals surface area contributed by atoms with Crippen LogP contribution in [0.5, 0.6) is 17.2 Å². The summed E-state index contributed by atoms with van der Waals surface area (Å²) in [7, 11) is 4.48. The molecule has 0 bridgehead atoms. The average molecular weight is 481 g/mol. The number of fused-ring (bicyclic) bond motifs is 1. The van der Waals surface area contributed by atoms with Crippen molar-refractivity contribution in [3.8, 4) is 17.2 Å². The van der Waals surface area contributed by atoms with E-state index in [1.54, 1.807) is 24.4 Å². The lowest BCUT2D eigenvalue weighted by atomic mass is 10.1. The number of nitrogens with one attached hydrogen (secondary N) is 3. The molecule has 3 N–H and O–H groups in total. The number of amides is 1. The summed E-state index contributed by atoms with van der Waals surface area (Å²) in [5.41, 5.74) is 2.74. The highest BCUT2D eigenvalue weighted by atomic mass is 19.1. The maximum Gasteiger partial charge on any atom is 0.253 e. The van der Waals surface area contributed by atoms with Gasteiger partial charge in [-0.1, -0.05) is 0 Å². The van der Waals surface area contributed by atoms with Gasteiger partial charge in [-0.2, -0.15) is 0 Å². The summed E-state index contributed by atoms with van der Waals surface area (Å²) in [5.74, 6) is 0.0215. The Morgan fingerprint density at radius 3 is 2.29 bits per heavy atom. The topological polar surface area (TPSA) is 84.6 Å². The Kier molecular flexibility index (Phi) is 7.05. The number of benzene rings is 3. The monoisotopic (exact) mass is 481 g/mol. The normalized spacial score (nSPS) is 10.8. The third-order valence-corrected chi connectivity index (χ3v) is 5.58. The van der Waals surface area contributed by atoms with Gasteiger partial charge in [0.25, 0.3) is 5.91 Å². The summed E-state index contributed by atoms with van der Waals surface area (Å²) in [4.78, 5) is 16.0. The Bertz CT molecular complexity index is 1350. The minimum absolute atomic E-state index is 0.255. The van der Waals surface area contributed by atoms with Crippen LogP contribution in [0.4, 0.5) is 20.2 Å². The first-order valence-corrected chi connectivity index (χ1v) is 10.8. The van der Waals surface area contributed by atoms with Crippen LogP contribution in [0.2, 0.25) is 0 Å². The number of carbonyl (C=O) groups excluding carboxylic acids is 1. The van der Waals surface area contributed by atoms with Crippen LogP contribution in [0.3, 0.4) is 0 Å². The van der Waals surface area contributed by atoms with Gasteiger partial charge in [0.2, 0.25) is 5.75 Å². The van der Waals surface area contributed by atoms with Crippen molar-refractivity contribution in [2.75, 3.05) is 33.2 Å². The Labute approximate surface area is 201 Å². The van der Waals surface area contributed by atoms with Gasteiger partial charge in [0.1, 0.15) is 11.6 Å². The summed E-state index contributed by atoms with van der Waals surface area (Å²) in [6, 6.07) is 11.7. The Balaban J connectivity index is 1.52. The predicted molar refractivity (Wildman–Crippen MR) is 130 cm³/mol. The van der Waals surface area contributed by atoms with E-state index in [0.29, 0.717) is 35.9 Å². The molecule has 0 aliphatic heterocycles. The van der Waals surface area contributed by atoms with Crippen LogP contribution in [0, 0.1) is 11.6 Å². The van der Waals surface area contributed by atoms with Crippen molar-refractivity contribution in [2.45, 2.75) is 6.42 Å². The SMILES string of the molecule is COc1cc(Nc2cc(F)ccc2C(=O)NCCc2c[nH]c3ccc(F)cc23)cc(OC)c1OC. The number of rotatable bonds is 9. The molecule has 0 saturated heterocycles. The lowest BCUT2D eigenvalue weighted by Crippen LogP contribution is -2.26. The number of aromatic amines is 1. The second-order valence-corrected chi connectivity index (χ2v) is 7.74. The number of methoxy groups -OCH3 is 3. The van der Waals surface area contributed by atoms with Crippen molar-refractivity contribution in [3.05, 3.63) is 77.5 Å². The highest BCUT2D eigenvalue weighted by Gasteiger charge is 2.17. The number of ether oxygens (including phenoxy) is 3. The van der Waals surface area contributed by atoms with Gasteiger partial charge in [0, 0.05) is 41.5 Å². The van der Waals surface area contributed by atoms with Crippen LogP contribution in [0.1, 0.15) is 15.9 Å². The van der Waals surface area contributed by atoms with Crippen molar-refractivity contribution in [1.29, 1.82) is 0 Å². The van der Waals surface area contributed by atoms with E-state index in [1.165, 1.54) is 51.7 Å². The smallest absolute Gasteiger partial charge is 0.253 e. The summed E-state index contributed by atoms with van der Waals surface area (Å²) in [6.07, 6.45) is 2.29. The molecule has 1 amide bonds. The van der Waals surface area contributed by atoms with Crippen LogP contribution in [-0.4, -0.2) is 38.8 Å². The quantitative estimate of drug-likeness (QED) is 0.307. The molecule has 7 nitrogen and oxygen atoms in total. The average Bonchev–Trinajstić information content (AvgIpc) is 3.25. The maximum atomic E-state index is 14.1. The molecular weight excluding hydrogens is 456 g/mol. The van der Waals surface area contributed by atoms with E-state index in [-0.39, 0.29) is 23.0 Å². The Morgan fingerprint density at radius 2 is 1.60 bits per heavy atom. The maximum absolute atomic E-state index is 14.1. The fourth-order valence-corrected chi connectivity index (χ4v) is 3.89. The molecule has 0 atom stereocenters. The second kappa shape index (κ2) is 10.3. The van der Waals surface area contributed by atoms with Crippen molar-refractivity contribution in [3.63, 3.8) is 0 Å². The third kappa shape index (κ3) is 5.13. The predicted octanol–water partition coefficient (Wildman–Crippen LogP) is 5.19. The lowest BCUT2D eigenvalue weighted by Gasteiger charge is -2.17. The minimum Gasteiger partial charge on any atom is -0.493 e. The zero-order valence-electron chi connectivity index (χ0n) is 19.5. The van der Waals surface area contributed by atoms with Gasteiger partial charge in [0.15, 0.2) is 11.5 Å². The molecule has 0 fully saturated rings. The van der Waals surface area contributed by atoms with Crippen LogP contribution >= 0.6 is 0 Å². The van der Waals surface area contributed by atoms with Gasteiger partial charge >= 0.3 is 0 Å². The Hall–Kier alpha value is -4.27. The number of hydrogen-bond donors (Lipinski definition) is 3. The van der Waals surface area contributed by atoms with Crippen molar-refractivity contribution < 1.29 is 27.8 Å². The number of H-pyrrole nitrogens is 1. The molecule has 0 spiro atoms. The van der Waals surface area contributed by atoms with Crippen LogP contribution in [-0.2, 0) is 6.42 Å². The fourth-order valence-electron chi connectivity index (χ4n) is 3.89. The highest BCUT2D eigenvalue weighted by Crippen LogP contribution is 2.41. The molecule has 1 aromatic heterocycles. The molecule has 3 aromatic carbocycles. The zero-order chi connectivity index (χ0) is 24.9. The van der Waals surface area contributed by atoms with Crippen molar-refractivity contribution >= 4 is 28.2 Å². The van der Waals surface area contributed by atoms with Crippen molar-refractivity contribution in [2.24, 2.45) is 0 Å². The summed E-state index contributed by atoms with van der Waals surface area (Å²) >= 11 is 0. The van der Waals surface area contributed by atoms with E-state index in [1.807, 2.05) is 0 Å². The largest absolute Gasteiger partial charge is 0.493 e. The van der Waals surface area contributed by atoms with Crippen molar-refractivity contribution in [1.82, 2.24) is 10.3 Å². The van der Waals surface area contributed by atoms with Gasteiger partial charge in [-0.25, -0.2) is 8.78 Å². The van der Waals surface area contributed by atoms with Gasteiger partial charge in [-0.15, -0.1) is 0 Å². The van der Waals surface area contributed by atoms with E-state index in [9.17, 15) is 13.6 Å². The molecule has 0 saturated carbocycles. The fraction of sp³-hybridized carbons (Fsp3) is 0.192. The van der Waals surface area contributed by atoms with Gasteiger partial charge < -0.3 is 29.8 Å². The summed E-state index contributed by atoms with van der Waals surface area (Å²) in [6.45, 7) is 0.309. The molecule has 4 aromatic rings. The van der Waals surface area contributed by atoms with Crippen LogP contribution in [0.25, 0.3) is 10.9 Å².